The van der Waals surface area contributed by atoms with Crippen molar-refractivity contribution in [3.8, 4) is 0 Å². The van der Waals surface area contributed by atoms with Crippen LogP contribution < -0.4 is 0 Å². The molecule has 0 heterocycles. The zero-order chi connectivity index (χ0) is 14.3. The highest BCUT2D eigenvalue weighted by atomic mass is 16.3. The Bertz CT molecular complexity index is 297. The molecule has 0 amide bonds. The van der Waals surface area contributed by atoms with Crippen LogP contribution in [0.1, 0.15) is 58.8 Å². The van der Waals surface area contributed by atoms with Crippen LogP contribution in [0.3, 0.4) is 0 Å². The third-order valence-electron chi connectivity index (χ3n) is 4.00. The topological polar surface area (TPSA) is 89.2 Å². The van der Waals surface area contributed by atoms with E-state index in [1.807, 2.05) is 13.8 Å². The first kappa shape index (κ1) is 16.3. The molecule has 0 aromatic rings. The molecule has 0 saturated heterocycles. The summed E-state index contributed by atoms with van der Waals surface area (Å²) in [5.74, 6) is 0.830. The van der Waals surface area contributed by atoms with Crippen LogP contribution in [-0.2, 0) is 0 Å². The summed E-state index contributed by atoms with van der Waals surface area (Å²) in [6, 6.07) is -0.498. The van der Waals surface area contributed by atoms with Gasteiger partial charge in [-0.25, -0.2) is 0 Å². The van der Waals surface area contributed by atoms with E-state index >= 15 is 0 Å². The molecule has 0 aliphatic heterocycles. The fourth-order valence-corrected chi connectivity index (χ4v) is 2.96. The molecule has 5 heteroatoms. The summed E-state index contributed by atoms with van der Waals surface area (Å²) < 4.78 is 0. The van der Waals surface area contributed by atoms with Gasteiger partial charge in [-0.3, -0.25) is 0 Å². The second kappa shape index (κ2) is 8.41. The van der Waals surface area contributed by atoms with E-state index in [1.165, 1.54) is 19.3 Å². The van der Waals surface area contributed by atoms with Gasteiger partial charge in [0.2, 0.25) is 0 Å². The first-order valence-corrected chi connectivity index (χ1v) is 7.45. The van der Waals surface area contributed by atoms with Gasteiger partial charge in [-0.1, -0.05) is 51.1 Å². The van der Waals surface area contributed by atoms with Crippen molar-refractivity contribution < 1.29 is 10.2 Å². The highest BCUT2D eigenvalue weighted by molar-refractivity contribution is 4.85. The summed E-state index contributed by atoms with van der Waals surface area (Å²) in [4.78, 5) is 2.84. The predicted octanol–water partition coefficient (Wildman–Crippen LogP) is 3.40. The molecule has 1 fully saturated rings. The minimum absolute atomic E-state index is 0.311. The van der Waals surface area contributed by atoms with Crippen molar-refractivity contribution in [2.45, 2.75) is 77.0 Å². The number of nitrogens with zero attached hydrogens (tertiary/aromatic N) is 3. The van der Waals surface area contributed by atoms with E-state index < -0.39 is 18.2 Å². The zero-order valence-electron chi connectivity index (χ0n) is 12.1. The number of aliphatic hydroxyl groups excluding tert-OH is 2. The van der Waals surface area contributed by atoms with Gasteiger partial charge in [-0.2, -0.15) is 0 Å². The van der Waals surface area contributed by atoms with Gasteiger partial charge < -0.3 is 10.2 Å². The number of aliphatic hydroxyl groups is 2. The predicted molar refractivity (Wildman–Crippen MR) is 75.6 cm³/mol. The van der Waals surface area contributed by atoms with Crippen molar-refractivity contribution in [1.82, 2.24) is 0 Å². The average molecular weight is 269 g/mol. The smallest absolute Gasteiger partial charge is 0.0883 e. The maximum atomic E-state index is 10.2. The van der Waals surface area contributed by atoms with Crippen LogP contribution in [0.15, 0.2) is 5.11 Å². The van der Waals surface area contributed by atoms with Crippen molar-refractivity contribution >= 4 is 0 Å². The lowest BCUT2D eigenvalue weighted by atomic mass is 9.83. The Morgan fingerprint density at radius 3 is 2.37 bits per heavy atom. The Morgan fingerprint density at radius 1 is 1.21 bits per heavy atom. The molecule has 110 valence electrons. The lowest BCUT2D eigenvalue weighted by Gasteiger charge is -2.29. The van der Waals surface area contributed by atoms with Crippen LogP contribution in [0.25, 0.3) is 10.4 Å². The summed E-state index contributed by atoms with van der Waals surface area (Å²) in [5.41, 5.74) is 8.64. The fourth-order valence-electron chi connectivity index (χ4n) is 2.96. The third-order valence-corrected chi connectivity index (χ3v) is 4.00. The number of hydrogen-bond donors (Lipinski definition) is 2. The van der Waals surface area contributed by atoms with Crippen molar-refractivity contribution in [2.75, 3.05) is 0 Å². The van der Waals surface area contributed by atoms with E-state index in [9.17, 15) is 10.2 Å². The Morgan fingerprint density at radius 2 is 1.84 bits per heavy atom. The molecule has 0 aromatic heterocycles. The minimum Gasteiger partial charge on any atom is -0.390 e. The number of rotatable bonds is 7. The monoisotopic (exact) mass is 269 g/mol. The van der Waals surface area contributed by atoms with Crippen LogP contribution in [0.5, 0.6) is 0 Å². The van der Waals surface area contributed by atoms with Gasteiger partial charge in [-0.05, 0) is 30.2 Å². The maximum Gasteiger partial charge on any atom is 0.0883 e. The molecular formula is C14H27N3O2. The van der Waals surface area contributed by atoms with Crippen LogP contribution in [0, 0.1) is 11.8 Å². The Balaban J connectivity index is 2.56. The molecule has 1 saturated carbocycles. The second-order valence-electron chi connectivity index (χ2n) is 6.20. The summed E-state index contributed by atoms with van der Waals surface area (Å²) in [7, 11) is 0. The van der Waals surface area contributed by atoms with Crippen molar-refractivity contribution in [2.24, 2.45) is 17.0 Å². The molecular weight excluding hydrogens is 242 g/mol. The quantitative estimate of drug-likeness (QED) is 0.421. The summed E-state index contributed by atoms with van der Waals surface area (Å²) in [6.45, 7) is 4.00. The molecule has 0 radical (unpaired) electrons. The summed E-state index contributed by atoms with van der Waals surface area (Å²) >= 11 is 0. The average Bonchev–Trinajstić information content (AvgIpc) is 2.38. The van der Waals surface area contributed by atoms with Crippen molar-refractivity contribution in [3.63, 3.8) is 0 Å². The highest BCUT2D eigenvalue weighted by Gasteiger charge is 2.28. The Kier molecular flexibility index (Phi) is 7.21. The number of hydrogen-bond acceptors (Lipinski definition) is 3. The van der Waals surface area contributed by atoms with Gasteiger partial charge in [0.05, 0.1) is 18.2 Å². The van der Waals surface area contributed by atoms with E-state index in [-0.39, 0.29) is 0 Å². The lowest BCUT2D eigenvalue weighted by Crippen LogP contribution is -2.38. The molecule has 0 unspecified atom stereocenters. The highest BCUT2D eigenvalue weighted by Crippen LogP contribution is 2.29. The second-order valence-corrected chi connectivity index (χ2v) is 6.20. The van der Waals surface area contributed by atoms with Gasteiger partial charge in [0.15, 0.2) is 0 Å². The van der Waals surface area contributed by atoms with Crippen LogP contribution in [-0.4, -0.2) is 28.5 Å². The largest absolute Gasteiger partial charge is 0.390 e. The summed E-state index contributed by atoms with van der Waals surface area (Å²) in [6.07, 6.45) is 5.48. The van der Waals surface area contributed by atoms with E-state index in [4.69, 9.17) is 5.53 Å². The SMILES string of the molecule is CC(C)C[C@@H](O)[C@H](O)[C@H](CC1CCCCC1)N=[N+]=[N-]. The van der Waals surface area contributed by atoms with Crippen molar-refractivity contribution in [3.05, 3.63) is 10.4 Å². The first-order chi connectivity index (χ1) is 9.04. The molecule has 1 aliphatic carbocycles. The molecule has 0 aromatic carbocycles. The van der Waals surface area contributed by atoms with Crippen LogP contribution in [0.2, 0.25) is 0 Å². The van der Waals surface area contributed by atoms with Crippen LogP contribution in [0.4, 0.5) is 0 Å². The molecule has 5 nitrogen and oxygen atoms in total. The zero-order valence-corrected chi connectivity index (χ0v) is 12.1. The molecule has 0 bridgehead atoms. The van der Waals surface area contributed by atoms with E-state index in [0.29, 0.717) is 24.7 Å². The van der Waals surface area contributed by atoms with Gasteiger partial charge >= 0.3 is 0 Å². The Labute approximate surface area is 115 Å². The fraction of sp³-hybridized carbons (Fsp3) is 1.00. The van der Waals surface area contributed by atoms with Crippen molar-refractivity contribution in [1.29, 1.82) is 0 Å². The standard InChI is InChI=1S/C14H27N3O2/c1-10(2)8-13(18)14(19)12(16-17-15)9-11-6-4-3-5-7-11/h10-14,18-19H,3-9H2,1-2H3/t12-,13+,14+/m0/s1. The lowest BCUT2D eigenvalue weighted by molar-refractivity contribution is -0.0116. The number of azide groups is 1. The Hall–Kier alpha value is -0.770. The molecule has 19 heavy (non-hydrogen) atoms. The molecule has 0 spiro atoms. The van der Waals surface area contributed by atoms with E-state index in [2.05, 4.69) is 10.0 Å². The van der Waals surface area contributed by atoms with Gasteiger partial charge in [0.25, 0.3) is 0 Å². The van der Waals surface area contributed by atoms with Gasteiger partial charge in [-0.15, -0.1) is 0 Å². The van der Waals surface area contributed by atoms with Crippen LogP contribution >= 0.6 is 0 Å². The first-order valence-electron chi connectivity index (χ1n) is 7.45. The van der Waals surface area contributed by atoms with E-state index in [0.717, 1.165) is 12.8 Å². The molecule has 2 N–H and O–H groups in total. The third kappa shape index (κ3) is 5.81. The van der Waals surface area contributed by atoms with E-state index in [1.54, 1.807) is 0 Å². The normalized spacial score (nSPS) is 21.7. The molecule has 1 aliphatic rings. The molecule has 3 atom stereocenters. The maximum absolute atomic E-state index is 10.2. The minimum atomic E-state index is -0.944. The van der Waals surface area contributed by atoms with Gasteiger partial charge in [0, 0.05) is 4.91 Å². The van der Waals surface area contributed by atoms with Gasteiger partial charge in [0.1, 0.15) is 0 Å². The molecule has 1 rings (SSSR count). The summed E-state index contributed by atoms with van der Waals surface area (Å²) in [5, 5.41) is 23.9.